The molecular weight excluding hydrogens is 218 g/mol. The van der Waals surface area contributed by atoms with E-state index < -0.39 is 6.09 Å². The van der Waals surface area contributed by atoms with Crippen LogP contribution in [0.4, 0.5) is 4.79 Å². The molecule has 0 atom stereocenters. The topological polar surface area (TPSA) is 47.9 Å². The van der Waals surface area contributed by atoms with Crippen molar-refractivity contribution in [2.45, 2.75) is 52.4 Å². The van der Waals surface area contributed by atoms with Crippen LogP contribution in [-0.2, 0) is 9.47 Å². The number of ether oxygens (including phenoxy) is 2. The van der Waals surface area contributed by atoms with Gasteiger partial charge in [0.1, 0.15) is 0 Å². The maximum atomic E-state index is 11.3. The number of carbonyl (C=O) groups is 1. The summed E-state index contributed by atoms with van der Waals surface area (Å²) in [6.45, 7) is 4.58. The van der Waals surface area contributed by atoms with Crippen LogP contribution in [0.2, 0.25) is 0 Å². The highest BCUT2D eigenvalue weighted by Gasteiger charge is 2.17. The first-order valence-electron chi connectivity index (χ1n) is 6.63. The molecule has 4 heteroatoms. The van der Waals surface area contributed by atoms with Crippen molar-refractivity contribution in [1.82, 2.24) is 0 Å². The third-order valence-corrected chi connectivity index (χ3v) is 2.98. The van der Waals surface area contributed by atoms with Crippen LogP contribution in [0.15, 0.2) is 4.99 Å². The second-order valence-electron chi connectivity index (χ2n) is 4.35. The highest BCUT2D eigenvalue weighted by molar-refractivity contribution is 5.88. The summed E-state index contributed by atoms with van der Waals surface area (Å²) in [4.78, 5) is 15.2. The smallest absolute Gasteiger partial charge is 0.436 e. The van der Waals surface area contributed by atoms with Crippen LogP contribution in [-0.4, -0.2) is 25.2 Å². The van der Waals surface area contributed by atoms with Crippen molar-refractivity contribution in [2.24, 2.45) is 10.9 Å². The number of hydrogen-bond donors (Lipinski definition) is 0. The molecule has 0 unspecified atom stereocenters. The second-order valence-corrected chi connectivity index (χ2v) is 4.35. The maximum absolute atomic E-state index is 11.3. The predicted molar refractivity (Wildman–Crippen MR) is 67.3 cm³/mol. The lowest BCUT2D eigenvalue weighted by Gasteiger charge is -2.21. The Morgan fingerprint density at radius 3 is 2.35 bits per heavy atom. The fourth-order valence-corrected chi connectivity index (χ4v) is 2.20. The van der Waals surface area contributed by atoms with Crippen molar-refractivity contribution in [1.29, 1.82) is 0 Å². The monoisotopic (exact) mass is 241 g/mol. The highest BCUT2D eigenvalue weighted by Crippen LogP contribution is 2.26. The van der Waals surface area contributed by atoms with E-state index in [-0.39, 0.29) is 0 Å². The van der Waals surface area contributed by atoms with Crippen LogP contribution < -0.4 is 0 Å². The standard InChI is InChI=1S/C13H23NO3/c1-3-16-12(14-13(15)17-4-2)10-11-8-6-5-7-9-11/h11H,3-10H2,1-2H3. The van der Waals surface area contributed by atoms with Crippen LogP contribution in [0, 0.1) is 5.92 Å². The fraction of sp³-hybridized carbons (Fsp3) is 0.846. The van der Waals surface area contributed by atoms with Crippen LogP contribution >= 0.6 is 0 Å². The molecule has 0 radical (unpaired) electrons. The zero-order chi connectivity index (χ0) is 12.5. The van der Waals surface area contributed by atoms with Crippen molar-refractivity contribution in [3.8, 4) is 0 Å². The average Bonchev–Trinajstić information content (AvgIpc) is 2.31. The van der Waals surface area contributed by atoms with Crippen LogP contribution in [0.1, 0.15) is 52.4 Å². The molecule has 98 valence electrons. The summed E-state index contributed by atoms with van der Waals surface area (Å²) >= 11 is 0. The zero-order valence-electron chi connectivity index (χ0n) is 10.9. The van der Waals surface area contributed by atoms with Gasteiger partial charge in [-0.2, -0.15) is 0 Å². The van der Waals surface area contributed by atoms with Gasteiger partial charge < -0.3 is 9.47 Å². The summed E-state index contributed by atoms with van der Waals surface area (Å²) in [5.41, 5.74) is 0. The van der Waals surface area contributed by atoms with E-state index in [9.17, 15) is 4.79 Å². The summed E-state index contributed by atoms with van der Waals surface area (Å²) in [6, 6.07) is 0. The molecule has 4 nitrogen and oxygen atoms in total. The van der Waals surface area contributed by atoms with E-state index in [0.717, 1.165) is 6.42 Å². The van der Waals surface area contributed by atoms with Crippen molar-refractivity contribution in [3.05, 3.63) is 0 Å². The molecule has 17 heavy (non-hydrogen) atoms. The van der Waals surface area contributed by atoms with Crippen molar-refractivity contribution in [3.63, 3.8) is 0 Å². The molecule has 0 saturated heterocycles. The quantitative estimate of drug-likeness (QED) is 0.558. The van der Waals surface area contributed by atoms with Gasteiger partial charge in [-0.15, -0.1) is 4.99 Å². The molecule has 1 aliphatic rings. The molecule has 0 bridgehead atoms. The third kappa shape index (κ3) is 5.71. The Morgan fingerprint density at radius 2 is 1.76 bits per heavy atom. The normalized spacial score (nSPS) is 17.9. The number of aliphatic imine (C=N–C) groups is 1. The Balaban J connectivity index is 2.48. The second kappa shape index (κ2) is 8.09. The SMILES string of the molecule is CCOC(=O)N=C(CC1CCCCC1)OCC. The van der Waals surface area contributed by atoms with Gasteiger partial charge in [-0.25, -0.2) is 4.79 Å². The molecule has 1 amide bonds. The molecular formula is C13H23NO3. The van der Waals surface area contributed by atoms with E-state index in [1.54, 1.807) is 6.92 Å². The van der Waals surface area contributed by atoms with Gasteiger partial charge in [0, 0.05) is 6.42 Å². The lowest BCUT2D eigenvalue weighted by molar-refractivity contribution is 0.162. The average molecular weight is 241 g/mol. The van der Waals surface area contributed by atoms with E-state index >= 15 is 0 Å². The van der Waals surface area contributed by atoms with Gasteiger partial charge >= 0.3 is 6.09 Å². The van der Waals surface area contributed by atoms with Crippen molar-refractivity contribution >= 4 is 12.0 Å². The number of amides is 1. The van der Waals surface area contributed by atoms with Crippen LogP contribution in [0.25, 0.3) is 0 Å². The van der Waals surface area contributed by atoms with Gasteiger partial charge in [0.2, 0.25) is 0 Å². The van der Waals surface area contributed by atoms with E-state index in [4.69, 9.17) is 9.47 Å². The summed E-state index contributed by atoms with van der Waals surface area (Å²) in [6.07, 6.45) is 6.56. The molecule has 0 N–H and O–H groups in total. The van der Waals surface area contributed by atoms with Crippen molar-refractivity contribution in [2.75, 3.05) is 13.2 Å². The third-order valence-electron chi connectivity index (χ3n) is 2.98. The van der Waals surface area contributed by atoms with Gasteiger partial charge in [-0.05, 0) is 32.6 Å². The molecule has 0 spiro atoms. The number of hydrogen-bond acceptors (Lipinski definition) is 3. The first-order valence-corrected chi connectivity index (χ1v) is 6.63. The van der Waals surface area contributed by atoms with E-state index in [1.807, 2.05) is 6.92 Å². The molecule has 1 saturated carbocycles. The summed E-state index contributed by atoms with van der Waals surface area (Å²) in [7, 11) is 0. The Hall–Kier alpha value is -1.06. The lowest BCUT2D eigenvalue weighted by Crippen LogP contribution is -2.16. The van der Waals surface area contributed by atoms with Gasteiger partial charge in [-0.3, -0.25) is 0 Å². The minimum absolute atomic E-state index is 0.352. The molecule has 1 rings (SSSR count). The summed E-state index contributed by atoms with van der Waals surface area (Å²) in [5.74, 6) is 1.15. The zero-order valence-corrected chi connectivity index (χ0v) is 10.9. The maximum Gasteiger partial charge on any atom is 0.436 e. The Labute approximate surface area is 103 Å². The Kier molecular flexibility index (Phi) is 6.67. The first-order chi connectivity index (χ1) is 8.26. The van der Waals surface area contributed by atoms with Crippen LogP contribution in [0.5, 0.6) is 0 Å². The first kappa shape index (κ1) is 14.0. The molecule has 0 aromatic rings. The van der Waals surface area contributed by atoms with Crippen molar-refractivity contribution < 1.29 is 14.3 Å². The van der Waals surface area contributed by atoms with Gasteiger partial charge in [0.25, 0.3) is 0 Å². The van der Waals surface area contributed by atoms with E-state index in [1.165, 1.54) is 32.1 Å². The lowest BCUT2D eigenvalue weighted by atomic mass is 9.87. The minimum atomic E-state index is -0.535. The Morgan fingerprint density at radius 1 is 1.12 bits per heavy atom. The van der Waals surface area contributed by atoms with Gasteiger partial charge in [-0.1, -0.05) is 19.3 Å². The number of nitrogens with zero attached hydrogens (tertiary/aromatic N) is 1. The summed E-state index contributed by atoms with van der Waals surface area (Å²) < 4.78 is 10.2. The number of carbonyl (C=O) groups excluding carboxylic acids is 1. The van der Waals surface area contributed by atoms with Gasteiger partial charge in [0.05, 0.1) is 13.2 Å². The molecule has 0 aromatic heterocycles. The van der Waals surface area contributed by atoms with Crippen LogP contribution in [0.3, 0.4) is 0 Å². The highest BCUT2D eigenvalue weighted by atomic mass is 16.6. The molecule has 0 aliphatic heterocycles. The Bertz CT molecular complexity index is 257. The van der Waals surface area contributed by atoms with Gasteiger partial charge in [0.15, 0.2) is 5.90 Å². The molecule has 0 aromatic carbocycles. The summed E-state index contributed by atoms with van der Waals surface area (Å²) in [5, 5.41) is 0. The van der Waals surface area contributed by atoms with E-state index in [2.05, 4.69) is 4.99 Å². The van der Waals surface area contributed by atoms with E-state index in [0.29, 0.717) is 25.0 Å². The molecule has 0 heterocycles. The number of rotatable bonds is 4. The predicted octanol–water partition coefficient (Wildman–Crippen LogP) is 3.55. The fourth-order valence-electron chi connectivity index (χ4n) is 2.20. The largest absolute Gasteiger partial charge is 0.481 e. The molecule has 1 aliphatic carbocycles. The minimum Gasteiger partial charge on any atom is -0.481 e. The molecule has 1 fully saturated rings.